The Bertz CT molecular complexity index is 107. The van der Waals surface area contributed by atoms with E-state index < -0.39 is 0 Å². The van der Waals surface area contributed by atoms with Crippen molar-refractivity contribution in [2.45, 2.75) is 19.7 Å². The van der Waals surface area contributed by atoms with E-state index in [9.17, 15) is 4.79 Å². The molecular formula is C5H11BINO. The Morgan fingerprint density at radius 2 is 2.11 bits per heavy atom. The first kappa shape index (κ1) is 9.26. The van der Waals surface area contributed by atoms with Crippen molar-refractivity contribution in [3.05, 3.63) is 0 Å². The van der Waals surface area contributed by atoms with Crippen LogP contribution in [0.5, 0.6) is 0 Å². The lowest BCUT2D eigenvalue weighted by atomic mass is 9.78. The van der Waals surface area contributed by atoms with Gasteiger partial charge in [0, 0.05) is 5.82 Å². The highest BCUT2D eigenvalue weighted by Crippen LogP contribution is 2.12. The van der Waals surface area contributed by atoms with Gasteiger partial charge in [0.05, 0.1) is 22.9 Å². The van der Waals surface area contributed by atoms with Crippen LogP contribution in [0.25, 0.3) is 0 Å². The molecule has 0 aliphatic heterocycles. The fourth-order valence-electron chi connectivity index (χ4n) is 0.389. The number of carbonyl (C=O) groups is 1. The average Bonchev–Trinajstić information content (AvgIpc) is 1.84. The zero-order chi connectivity index (χ0) is 7.44. The van der Waals surface area contributed by atoms with Crippen LogP contribution in [0.2, 0.25) is 5.82 Å². The standard InChI is InChI=1S/C5H11BINO/c1-3(2)4(6)5(9)8-7/h3-4H,6H2,1-2H3,(H,8,9)/t4-/m0/s1. The highest BCUT2D eigenvalue weighted by Gasteiger charge is 2.14. The topological polar surface area (TPSA) is 29.1 Å². The van der Waals surface area contributed by atoms with Crippen LogP contribution < -0.4 is 3.53 Å². The zero-order valence-corrected chi connectivity index (χ0v) is 8.10. The highest BCUT2D eigenvalue weighted by atomic mass is 127. The molecule has 9 heavy (non-hydrogen) atoms. The van der Waals surface area contributed by atoms with Gasteiger partial charge in [0.2, 0.25) is 5.91 Å². The summed E-state index contributed by atoms with van der Waals surface area (Å²) in [6, 6.07) is 0. The molecule has 2 nitrogen and oxygen atoms in total. The largest absolute Gasteiger partial charge is 0.299 e. The van der Waals surface area contributed by atoms with Gasteiger partial charge in [-0.1, -0.05) is 13.8 Å². The number of carbonyl (C=O) groups excluding carboxylic acids is 1. The van der Waals surface area contributed by atoms with Gasteiger partial charge >= 0.3 is 0 Å². The van der Waals surface area contributed by atoms with Crippen LogP contribution in [0, 0.1) is 5.92 Å². The molecule has 0 spiro atoms. The Kier molecular flexibility index (Phi) is 4.26. The fourth-order valence-corrected chi connectivity index (χ4v) is 0.880. The molecular weight excluding hydrogens is 228 g/mol. The van der Waals surface area contributed by atoms with Crippen LogP contribution in [-0.2, 0) is 4.79 Å². The minimum absolute atomic E-state index is 0.116. The molecule has 4 heteroatoms. The molecule has 0 heterocycles. The molecule has 0 unspecified atom stereocenters. The Balaban J connectivity index is 3.72. The normalized spacial score (nSPS) is 13.3. The van der Waals surface area contributed by atoms with Gasteiger partial charge < -0.3 is 0 Å². The third kappa shape index (κ3) is 3.08. The van der Waals surface area contributed by atoms with E-state index >= 15 is 0 Å². The minimum Gasteiger partial charge on any atom is -0.299 e. The van der Waals surface area contributed by atoms with Crippen LogP contribution in [0.1, 0.15) is 13.8 Å². The molecule has 0 aromatic carbocycles. The van der Waals surface area contributed by atoms with Gasteiger partial charge in [-0.15, -0.1) is 0 Å². The van der Waals surface area contributed by atoms with Gasteiger partial charge in [0.1, 0.15) is 7.85 Å². The number of halogens is 1. The van der Waals surface area contributed by atoms with Gasteiger partial charge in [-0.2, -0.15) is 0 Å². The van der Waals surface area contributed by atoms with Gasteiger partial charge in [-0.05, 0) is 5.92 Å². The molecule has 0 saturated carbocycles. The summed E-state index contributed by atoms with van der Waals surface area (Å²) in [4.78, 5) is 10.8. The summed E-state index contributed by atoms with van der Waals surface area (Å²) in [5.74, 6) is 0.673. The first-order valence-corrected chi connectivity index (χ1v) is 4.08. The van der Waals surface area contributed by atoms with Crippen molar-refractivity contribution in [2.24, 2.45) is 5.92 Å². The first-order chi connectivity index (χ1) is 4.09. The SMILES string of the molecule is B[C@H](C(=O)NI)C(C)C. The van der Waals surface area contributed by atoms with E-state index in [2.05, 4.69) is 3.53 Å². The Labute approximate surface area is 70.7 Å². The van der Waals surface area contributed by atoms with Crippen LogP contribution in [0.3, 0.4) is 0 Å². The second kappa shape index (κ2) is 4.14. The number of hydrogen-bond acceptors (Lipinski definition) is 1. The Hall–Kier alpha value is 0.265. The lowest BCUT2D eigenvalue weighted by molar-refractivity contribution is -0.119. The zero-order valence-electron chi connectivity index (χ0n) is 5.94. The van der Waals surface area contributed by atoms with Crippen LogP contribution in [0.15, 0.2) is 0 Å². The van der Waals surface area contributed by atoms with E-state index in [1.54, 1.807) is 0 Å². The third-order valence-corrected chi connectivity index (χ3v) is 2.04. The van der Waals surface area contributed by atoms with Crippen molar-refractivity contribution in [2.75, 3.05) is 0 Å². The van der Waals surface area contributed by atoms with Crippen molar-refractivity contribution >= 4 is 36.6 Å². The van der Waals surface area contributed by atoms with Crippen molar-refractivity contribution in [3.63, 3.8) is 0 Å². The maximum atomic E-state index is 10.8. The van der Waals surface area contributed by atoms with Crippen LogP contribution in [-0.4, -0.2) is 13.8 Å². The Morgan fingerprint density at radius 3 is 2.22 bits per heavy atom. The molecule has 0 bridgehead atoms. The average molecular weight is 239 g/mol. The minimum atomic E-state index is 0.116. The summed E-state index contributed by atoms with van der Waals surface area (Å²) in [6.45, 7) is 4.08. The van der Waals surface area contributed by atoms with Gasteiger partial charge in [-0.25, -0.2) is 0 Å². The number of amides is 1. The van der Waals surface area contributed by atoms with Crippen molar-refractivity contribution in [3.8, 4) is 0 Å². The summed E-state index contributed by atoms with van der Waals surface area (Å²) in [5, 5.41) is 0. The van der Waals surface area contributed by atoms with Gasteiger partial charge in [0.25, 0.3) is 0 Å². The summed E-state index contributed by atoms with van der Waals surface area (Å²) < 4.78 is 2.58. The summed E-state index contributed by atoms with van der Waals surface area (Å²) in [5.41, 5.74) is 0. The number of hydrogen-bond donors (Lipinski definition) is 1. The second-order valence-electron chi connectivity index (χ2n) is 2.49. The highest BCUT2D eigenvalue weighted by molar-refractivity contribution is 14.1. The van der Waals surface area contributed by atoms with E-state index in [4.69, 9.17) is 0 Å². The molecule has 0 aromatic heterocycles. The van der Waals surface area contributed by atoms with Crippen LogP contribution >= 0.6 is 22.9 Å². The molecule has 52 valence electrons. The monoisotopic (exact) mass is 239 g/mol. The second-order valence-corrected chi connectivity index (χ2v) is 3.03. The summed E-state index contributed by atoms with van der Waals surface area (Å²) in [6.07, 6.45) is 0. The molecule has 0 radical (unpaired) electrons. The molecule has 0 saturated heterocycles. The smallest absolute Gasteiger partial charge is 0.223 e. The van der Waals surface area contributed by atoms with Crippen LogP contribution in [0.4, 0.5) is 0 Å². The van der Waals surface area contributed by atoms with Crippen molar-refractivity contribution in [1.82, 2.24) is 3.53 Å². The molecule has 0 rings (SSSR count). The predicted octanol–water partition coefficient (Wildman–Crippen LogP) is 0.530. The lowest BCUT2D eigenvalue weighted by Crippen LogP contribution is -2.22. The van der Waals surface area contributed by atoms with Crippen molar-refractivity contribution < 1.29 is 4.79 Å². The predicted molar refractivity (Wildman–Crippen MR) is 49.3 cm³/mol. The number of rotatable bonds is 2. The molecule has 1 atom stereocenters. The Morgan fingerprint density at radius 1 is 1.67 bits per heavy atom. The van der Waals surface area contributed by atoms with E-state index in [0.717, 1.165) is 0 Å². The van der Waals surface area contributed by atoms with Gasteiger partial charge in [0.15, 0.2) is 0 Å². The third-order valence-electron chi connectivity index (χ3n) is 1.51. The van der Waals surface area contributed by atoms with E-state index in [0.29, 0.717) is 5.92 Å². The summed E-state index contributed by atoms with van der Waals surface area (Å²) in [7, 11) is 1.93. The molecule has 0 aromatic rings. The van der Waals surface area contributed by atoms with E-state index in [1.165, 1.54) is 0 Å². The molecule has 0 fully saturated rings. The van der Waals surface area contributed by atoms with Gasteiger partial charge in [-0.3, -0.25) is 8.32 Å². The fraction of sp³-hybridized carbons (Fsp3) is 0.800. The quantitative estimate of drug-likeness (QED) is 0.425. The number of nitrogens with one attached hydrogen (secondary N) is 1. The van der Waals surface area contributed by atoms with Crippen molar-refractivity contribution in [1.29, 1.82) is 0 Å². The summed E-state index contributed by atoms with van der Waals surface area (Å²) >= 11 is 1.86. The van der Waals surface area contributed by atoms with E-state index in [-0.39, 0.29) is 11.7 Å². The first-order valence-electron chi connectivity index (χ1n) is 3.00. The molecule has 1 amide bonds. The maximum Gasteiger partial charge on any atom is 0.223 e. The molecule has 0 aliphatic carbocycles. The van der Waals surface area contributed by atoms with E-state index in [1.807, 2.05) is 44.6 Å². The maximum absolute atomic E-state index is 10.8. The molecule has 1 N–H and O–H groups in total. The lowest BCUT2D eigenvalue weighted by Gasteiger charge is -2.11. The molecule has 0 aliphatic rings.